The number of rotatable bonds is 70. The monoisotopic (exact) mass is 1350 g/mol. The molecule has 0 aromatic rings. The van der Waals surface area contributed by atoms with E-state index in [9.17, 15) is 43.2 Å². The van der Waals surface area contributed by atoms with Gasteiger partial charge < -0.3 is 33.8 Å². The van der Waals surface area contributed by atoms with Gasteiger partial charge in [0.1, 0.15) is 19.3 Å². The zero-order valence-corrected chi connectivity index (χ0v) is 62.0. The highest BCUT2D eigenvalue weighted by atomic mass is 31.2. The Morgan fingerprint density at radius 3 is 0.674 bits per heavy atom. The van der Waals surface area contributed by atoms with E-state index in [-0.39, 0.29) is 25.7 Å². The topological polar surface area (TPSA) is 237 Å². The van der Waals surface area contributed by atoms with Crippen molar-refractivity contribution in [2.75, 3.05) is 39.6 Å². The van der Waals surface area contributed by atoms with Crippen molar-refractivity contribution in [1.82, 2.24) is 0 Å². The number of phosphoric ester groups is 2. The van der Waals surface area contributed by atoms with E-state index in [0.29, 0.717) is 31.6 Å². The molecule has 0 aromatic carbocycles. The maximum absolute atomic E-state index is 13.1. The second-order valence-corrected chi connectivity index (χ2v) is 31.1. The molecule has 0 spiro atoms. The number of phosphoric acid groups is 2. The SMILES string of the molecule is CC(C)CCCCCCCCCCCCCCCC(=O)OC[C@H](COP(=O)(O)OCC(O)COP(=O)(O)OC[C@@H](COC(=O)CCCCCCCCCC(C)C)OC(=O)CCCCCCCCCCC(C)C)OC(=O)CCCCCCCCCCCCCCC(C)C. The average Bonchev–Trinajstić information content (AvgIpc) is 3.35. The number of carbonyl (C=O) groups is 4. The highest BCUT2D eigenvalue weighted by Crippen LogP contribution is 2.45. The molecule has 0 radical (unpaired) electrons. The van der Waals surface area contributed by atoms with Crippen LogP contribution in [-0.4, -0.2) is 96.7 Å². The summed E-state index contributed by atoms with van der Waals surface area (Å²) in [5.74, 6) is 0.864. The second-order valence-electron chi connectivity index (χ2n) is 28.2. The number of hydrogen-bond donors (Lipinski definition) is 3. The molecule has 0 aliphatic rings. The molecule has 3 unspecified atom stereocenters. The molecule has 0 rings (SSSR count). The van der Waals surface area contributed by atoms with Gasteiger partial charge in [0.05, 0.1) is 26.4 Å². The van der Waals surface area contributed by atoms with Gasteiger partial charge in [-0.15, -0.1) is 0 Å². The summed E-state index contributed by atoms with van der Waals surface area (Å²) in [5, 5.41) is 10.6. The van der Waals surface area contributed by atoms with Crippen molar-refractivity contribution in [3.63, 3.8) is 0 Å². The minimum Gasteiger partial charge on any atom is -0.462 e. The fourth-order valence-electron chi connectivity index (χ4n) is 11.0. The Kier molecular flexibility index (Phi) is 61.3. The van der Waals surface area contributed by atoms with Crippen molar-refractivity contribution >= 4 is 39.5 Å². The molecule has 0 aliphatic carbocycles. The zero-order valence-electron chi connectivity index (χ0n) is 60.2. The van der Waals surface area contributed by atoms with Crippen LogP contribution in [0.2, 0.25) is 0 Å². The minimum atomic E-state index is -4.96. The summed E-state index contributed by atoms with van der Waals surface area (Å²) in [7, 11) is -9.91. The quantitative estimate of drug-likeness (QED) is 0.0222. The van der Waals surface area contributed by atoms with E-state index in [0.717, 1.165) is 114 Å². The van der Waals surface area contributed by atoms with Gasteiger partial charge in [0.2, 0.25) is 0 Å². The first kappa shape index (κ1) is 90.1. The summed E-state index contributed by atoms with van der Waals surface area (Å²) in [6.07, 6.45) is 45.9. The zero-order chi connectivity index (χ0) is 68.2. The standard InChI is InChI=1S/C73H142O17P2/c1-63(2)49-41-33-25-18-14-10-9-11-16-20-29-37-45-53-70(75)83-59-68(89-72(77)55-47-39-30-21-17-13-12-15-19-26-34-42-50-64(3)4)61-87-91(79,80)85-57-67(74)58-86-92(81,82)88-62-69(60-84-71(76)54-46-38-32-24-28-36-44-52-66(7)8)90-73(78)56-48-40-31-23-22-27-35-43-51-65(5)6/h63-69,74H,9-62H2,1-8H3,(H,79,80)(H,81,82)/t67?,68-,69-/m1/s1. The van der Waals surface area contributed by atoms with Crippen LogP contribution in [0.25, 0.3) is 0 Å². The number of ether oxygens (including phenoxy) is 4. The molecule has 0 saturated carbocycles. The molecule has 0 heterocycles. The van der Waals surface area contributed by atoms with E-state index >= 15 is 0 Å². The Balaban J connectivity index is 5.25. The molecule has 0 bridgehead atoms. The lowest BCUT2D eigenvalue weighted by Crippen LogP contribution is -2.30. The summed E-state index contributed by atoms with van der Waals surface area (Å²) < 4.78 is 68.4. The van der Waals surface area contributed by atoms with E-state index in [1.165, 1.54) is 161 Å². The van der Waals surface area contributed by atoms with Gasteiger partial charge >= 0.3 is 39.5 Å². The number of carbonyl (C=O) groups excluding carboxylic acids is 4. The van der Waals surface area contributed by atoms with Crippen molar-refractivity contribution < 1.29 is 80.2 Å². The largest absolute Gasteiger partial charge is 0.472 e. The number of esters is 4. The van der Waals surface area contributed by atoms with Crippen LogP contribution < -0.4 is 0 Å². The number of aliphatic hydroxyl groups is 1. The van der Waals surface area contributed by atoms with Crippen LogP contribution in [0.3, 0.4) is 0 Å². The molecule has 17 nitrogen and oxygen atoms in total. The van der Waals surface area contributed by atoms with Gasteiger partial charge in [-0.3, -0.25) is 37.3 Å². The van der Waals surface area contributed by atoms with E-state index < -0.39 is 97.5 Å². The van der Waals surface area contributed by atoms with Gasteiger partial charge in [-0.1, -0.05) is 312 Å². The number of aliphatic hydroxyl groups excluding tert-OH is 1. The van der Waals surface area contributed by atoms with Crippen LogP contribution in [-0.2, 0) is 65.4 Å². The fraction of sp³-hybridized carbons (Fsp3) is 0.945. The first-order chi connectivity index (χ1) is 44.1. The third kappa shape index (κ3) is 66.7. The normalized spacial score (nSPS) is 14.2. The van der Waals surface area contributed by atoms with E-state index in [1.807, 2.05) is 0 Å². The Bertz CT molecular complexity index is 1820. The second kappa shape index (κ2) is 62.6. The van der Waals surface area contributed by atoms with Crippen molar-refractivity contribution in [2.45, 2.75) is 382 Å². The summed E-state index contributed by atoms with van der Waals surface area (Å²) in [6, 6.07) is 0. The Morgan fingerprint density at radius 2 is 0.457 bits per heavy atom. The van der Waals surface area contributed by atoms with Crippen molar-refractivity contribution in [1.29, 1.82) is 0 Å². The summed E-state index contributed by atoms with van der Waals surface area (Å²) in [6.45, 7) is 14.1. The Morgan fingerprint density at radius 1 is 0.272 bits per heavy atom. The molecule has 0 saturated heterocycles. The van der Waals surface area contributed by atoms with Crippen molar-refractivity contribution in [2.24, 2.45) is 23.7 Å². The van der Waals surface area contributed by atoms with Crippen LogP contribution in [0.5, 0.6) is 0 Å². The maximum atomic E-state index is 13.1. The third-order valence-corrected chi connectivity index (χ3v) is 18.7. The lowest BCUT2D eigenvalue weighted by atomic mass is 10.0. The van der Waals surface area contributed by atoms with E-state index in [4.69, 9.17) is 37.0 Å². The Labute approximate surface area is 562 Å². The Hall–Kier alpha value is -1.94. The van der Waals surface area contributed by atoms with Gasteiger partial charge in [0, 0.05) is 25.7 Å². The molecule has 3 N–H and O–H groups in total. The van der Waals surface area contributed by atoms with Crippen LogP contribution >= 0.6 is 15.6 Å². The third-order valence-electron chi connectivity index (χ3n) is 16.8. The first-order valence-corrected chi connectivity index (χ1v) is 40.7. The highest BCUT2D eigenvalue weighted by molar-refractivity contribution is 7.47. The minimum absolute atomic E-state index is 0.103. The first-order valence-electron chi connectivity index (χ1n) is 37.7. The summed E-state index contributed by atoms with van der Waals surface area (Å²) >= 11 is 0. The molecule has 0 amide bonds. The lowest BCUT2D eigenvalue weighted by molar-refractivity contribution is -0.161. The van der Waals surface area contributed by atoms with Crippen LogP contribution in [0.1, 0.15) is 364 Å². The van der Waals surface area contributed by atoms with E-state index in [2.05, 4.69) is 55.4 Å². The molecular formula is C73H142O17P2. The van der Waals surface area contributed by atoms with Gasteiger partial charge in [0.25, 0.3) is 0 Å². The number of hydrogen-bond acceptors (Lipinski definition) is 15. The maximum Gasteiger partial charge on any atom is 0.472 e. The molecular weight excluding hydrogens is 1210 g/mol. The van der Waals surface area contributed by atoms with Gasteiger partial charge in [-0.05, 0) is 49.4 Å². The predicted octanol–water partition coefficient (Wildman–Crippen LogP) is 20.9. The number of unbranched alkanes of at least 4 members (excludes halogenated alkanes) is 36. The van der Waals surface area contributed by atoms with Gasteiger partial charge in [-0.2, -0.15) is 0 Å². The molecule has 546 valence electrons. The van der Waals surface area contributed by atoms with Crippen LogP contribution in [0.4, 0.5) is 0 Å². The van der Waals surface area contributed by atoms with Crippen molar-refractivity contribution in [3.05, 3.63) is 0 Å². The average molecular weight is 1350 g/mol. The smallest absolute Gasteiger partial charge is 0.462 e. The van der Waals surface area contributed by atoms with Crippen LogP contribution in [0.15, 0.2) is 0 Å². The van der Waals surface area contributed by atoms with Gasteiger partial charge in [0.15, 0.2) is 12.2 Å². The predicted molar refractivity (Wildman–Crippen MR) is 372 cm³/mol. The summed E-state index contributed by atoms with van der Waals surface area (Å²) in [5.41, 5.74) is 0. The molecule has 0 aromatic heterocycles. The molecule has 19 heteroatoms. The lowest BCUT2D eigenvalue weighted by Gasteiger charge is -2.21. The molecule has 0 fully saturated rings. The molecule has 5 atom stereocenters. The van der Waals surface area contributed by atoms with Crippen LogP contribution in [0, 0.1) is 23.7 Å². The highest BCUT2D eigenvalue weighted by Gasteiger charge is 2.30. The van der Waals surface area contributed by atoms with Gasteiger partial charge in [-0.25, -0.2) is 9.13 Å². The van der Waals surface area contributed by atoms with E-state index in [1.54, 1.807) is 0 Å². The van der Waals surface area contributed by atoms with Crippen molar-refractivity contribution in [3.8, 4) is 0 Å². The molecule has 92 heavy (non-hydrogen) atoms. The fourth-order valence-corrected chi connectivity index (χ4v) is 12.6. The summed E-state index contributed by atoms with van der Waals surface area (Å²) in [4.78, 5) is 72.7. The molecule has 0 aliphatic heterocycles.